The van der Waals surface area contributed by atoms with Crippen LogP contribution in [-0.4, -0.2) is 50.8 Å². The van der Waals surface area contributed by atoms with Gasteiger partial charge in [-0.1, -0.05) is 42.5 Å². The molecule has 0 aromatic rings. The molecule has 0 heterocycles. The first-order valence-corrected chi connectivity index (χ1v) is 8.19. The predicted octanol–water partition coefficient (Wildman–Crippen LogP) is 3.13. The van der Waals surface area contributed by atoms with Crippen LogP contribution in [0.15, 0.2) is 0 Å². The third-order valence-electron chi connectivity index (χ3n) is 3.50. The highest BCUT2D eigenvalue weighted by atomic mass is 16.1. The lowest BCUT2D eigenvalue weighted by Gasteiger charge is -2.11. The molecule has 0 aliphatic rings. The van der Waals surface area contributed by atoms with Crippen molar-refractivity contribution in [3.05, 3.63) is 0 Å². The van der Waals surface area contributed by atoms with Crippen LogP contribution < -0.4 is 22.1 Å². The molecule has 2 unspecified atom stereocenters. The number of ketones is 2. The van der Waals surface area contributed by atoms with Gasteiger partial charge in [-0.25, -0.2) is 0 Å². The molecule has 6 N–H and O–H groups in total. The van der Waals surface area contributed by atoms with E-state index in [2.05, 4.69) is 10.6 Å². The maximum absolute atomic E-state index is 10.9. The van der Waals surface area contributed by atoms with Gasteiger partial charge in [0.15, 0.2) is 0 Å². The fourth-order valence-corrected chi connectivity index (χ4v) is 1.91. The molecule has 0 aliphatic heterocycles. The summed E-state index contributed by atoms with van der Waals surface area (Å²) in [7, 11) is 3.74. The van der Waals surface area contributed by atoms with Crippen LogP contribution in [0.2, 0.25) is 0 Å². The maximum atomic E-state index is 10.9. The van der Waals surface area contributed by atoms with Gasteiger partial charge in [0.1, 0.15) is 11.6 Å². The number of rotatable bonds is 12. The SMILES string of the molecule is C.C.C.C.CNC(CCCCN)C(C)=O.CNCCCCC(N)C(C)=O. The summed E-state index contributed by atoms with van der Waals surface area (Å²) < 4.78 is 0. The highest BCUT2D eigenvalue weighted by Gasteiger charge is 2.09. The second kappa shape index (κ2) is 29.0. The van der Waals surface area contributed by atoms with Crippen LogP contribution in [0, 0.1) is 0 Å². The van der Waals surface area contributed by atoms with E-state index in [0.29, 0.717) is 6.54 Å². The summed E-state index contributed by atoms with van der Waals surface area (Å²) in [5, 5.41) is 6.01. The molecule has 2 atom stereocenters. The van der Waals surface area contributed by atoms with Gasteiger partial charge in [-0.05, 0) is 66.7 Å². The second-order valence-corrected chi connectivity index (χ2v) is 5.55. The van der Waals surface area contributed by atoms with Gasteiger partial charge in [0, 0.05) is 0 Å². The third-order valence-corrected chi connectivity index (χ3v) is 3.50. The van der Waals surface area contributed by atoms with Gasteiger partial charge in [0.05, 0.1) is 12.1 Å². The van der Waals surface area contributed by atoms with E-state index >= 15 is 0 Å². The molecule has 26 heavy (non-hydrogen) atoms. The second-order valence-electron chi connectivity index (χ2n) is 5.55. The Bertz CT molecular complexity index is 287. The summed E-state index contributed by atoms with van der Waals surface area (Å²) in [5.41, 5.74) is 10.9. The van der Waals surface area contributed by atoms with Crippen molar-refractivity contribution in [1.29, 1.82) is 0 Å². The molecule has 0 spiro atoms. The van der Waals surface area contributed by atoms with Crippen molar-refractivity contribution in [1.82, 2.24) is 10.6 Å². The molecule has 164 valence electrons. The molecule has 0 amide bonds. The average Bonchev–Trinajstić information content (AvgIpc) is 2.48. The largest absolute Gasteiger partial charge is 0.330 e. The van der Waals surface area contributed by atoms with Gasteiger partial charge in [-0.2, -0.15) is 0 Å². The van der Waals surface area contributed by atoms with Crippen LogP contribution in [0.4, 0.5) is 0 Å². The molecular formula is C20H52N4O2. The van der Waals surface area contributed by atoms with Crippen LogP contribution in [0.5, 0.6) is 0 Å². The van der Waals surface area contributed by atoms with Crippen molar-refractivity contribution in [3.8, 4) is 0 Å². The Kier molecular flexibility index (Phi) is 44.6. The number of carbonyl (C=O) groups excluding carboxylic acids is 2. The number of carbonyl (C=O) groups is 2. The van der Waals surface area contributed by atoms with E-state index in [1.165, 1.54) is 0 Å². The molecule has 6 heteroatoms. The summed E-state index contributed by atoms with van der Waals surface area (Å²) in [5.74, 6) is 0.305. The minimum Gasteiger partial charge on any atom is -0.330 e. The van der Waals surface area contributed by atoms with Crippen LogP contribution in [0.1, 0.15) is 82.1 Å². The Hall–Kier alpha value is -0.820. The van der Waals surface area contributed by atoms with E-state index in [1.807, 2.05) is 14.1 Å². The lowest BCUT2D eigenvalue weighted by molar-refractivity contribution is -0.119. The monoisotopic (exact) mass is 380 g/mol. The summed E-state index contributed by atoms with van der Waals surface area (Å²) in [6, 6.07) is -0.214. The van der Waals surface area contributed by atoms with Crippen molar-refractivity contribution >= 4 is 11.6 Å². The number of Topliss-reactive ketones (excluding diaryl/α,β-unsaturated/α-hetero) is 2. The topological polar surface area (TPSA) is 110 Å². The van der Waals surface area contributed by atoms with E-state index in [-0.39, 0.29) is 53.4 Å². The van der Waals surface area contributed by atoms with Crippen LogP contribution >= 0.6 is 0 Å². The Morgan fingerprint density at radius 1 is 0.846 bits per heavy atom. The summed E-state index contributed by atoms with van der Waals surface area (Å²) in [6.07, 6.45) is 5.88. The van der Waals surface area contributed by atoms with E-state index in [1.54, 1.807) is 13.8 Å². The van der Waals surface area contributed by atoms with Gasteiger partial charge in [-0.15, -0.1) is 0 Å². The Morgan fingerprint density at radius 3 is 1.69 bits per heavy atom. The summed E-state index contributed by atoms with van der Waals surface area (Å²) in [6.45, 7) is 4.88. The molecule has 0 bridgehead atoms. The summed E-state index contributed by atoms with van der Waals surface area (Å²) in [4.78, 5) is 21.5. The lowest BCUT2D eigenvalue weighted by Crippen LogP contribution is -2.32. The van der Waals surface area contributed by atoms with Gasteiger partial charge < -0.3 is 22.1 Å². The van der Waals surface area contributed by atoms with Crippen molar-refractivity contribution < 1.29 is 9.59 Å². The zero-order chi connectivity index (χ0) is 17.4. The first-order valence-electron chi connectivity index (χ1n) is 8.19. The smallest absolute Gasteiger partial charge is 0.146 e. The van der Waals surface area contributed by atoms with Gasteiger partial charge in [0.2, 0.25) is 0 Å². The normalized spacial score (nSPS) is 11.0. The van der Waals surface area contributed by atoms with E-state index in [9.17, 15) is 9.59 Å². The predicted molar refractivity (Wildman–Crippen MR) is 120 cm³/mol. The fourth-order valence-electron chi connectivity index (χ4n) is 1.91. The van der Waals surface area contributed by atoms with E-state index in [4.69, 9.17) is 11.5 Å². The molecule has 0 aliphatic carbocycles. The van der Waals surface area contributed by atoms with Gasteiger partial charge in [-0.3, -0.25) is 9.59 Å². The highest BCUT2D eigenvalue weighted by molar-refractivity contribution is 5.81. The molecule has 0 fully saturated rings. The first-order chi connectivity index (χ1) is 10.4. The number of nitrogens with two attached hydrogens (primary N) is 2. The third kappa shape index (κ3) is 28.0. The molecule has 0 aromatic heterocycles. The Balaban J connectivity index is -0.0000000667. The molecule has 0 radical (unpaired) electrons. The zero-order valence-electron chi connectivity index (χ0n) is 14.8. The molecule has 6 nitrogen and oxygen atoms in total. The Labute approximate surface area is 165 Å². The molecule has 0 saturated heterocycles. The van der Waals surface area contributed by atoms with Gasteiger partial charge in [0.25, 0.3) is 0 Å². The average molecular weight is 381 g/mol. The quantitative estimate of drug-likeness (QED) is 0.387. The number of likely N-dealkylation sites (N-methyl/N-ethyl adjacent to an activating group) is 1. The van der Waals surface area contributed by atoms with Crippen molar-refractivity contribution in [2.24, 2.45) is 11.5 Å². The minimum absolute atomic E-state index is 0. The number of hydrogen-bond donors (Lipinski definition) is 4. The molecule has 0 aromatic carbocycles. The summed E-state index contributed by atoms with van der Waals surface area (Å²) >= 11 is 0. The number of hydrogen-bond acceptors (Lipinski definition) is 6. The van der Waals surface area contributed by atoms with E-state index in [0.717, 1.165) is 45.1 Å². The van der Waals surface area contributed by atoms with Crippen LogP contribution in [-0.2, 0) is 9.59 Å². The lowest BCUT2D eigenvalue weighted by atomic mass is 10.1. The Morgan fingerprint density at radius 2 is 1.35 bits per heavy atom. The minimum atomic E-state index is -0.244. The number of unbranched alkanes of at least 4 members (excludes halogenated alkanes) is 2. The van der Waals surface area contributed by atoms with Crippen molar-refractivity contribution in [2.75, 3.05) is 27.2 Å². The first kappa shape index (κ1) is 40.0. The van der Waals surface area contributed by atoms with Crippen molar-refractivity contribution in [3.63, 3.8) is 0 Å². The van der Waals surface area contributed by atoms with Crippen molar-refractivity contribution in [2.45, 2.75) is 94.2 Å². The fraction of sp³-hybridized carbons (Fsp3) is 0.900. The number of nitrogens with one attached hydrogen (secondary N) is 2. The molecule has 0 rings (SSSR count). The standard InChI is InChI=1S/2C8H18N2O.4CH4/c1-7(11)8(9)5-3-4-6-10-2;1-7(11)8(10-2)5-3-4-6-9;;;;/h2*8,10H,3-6,9H2,1-2H3;4*1H4. The zero-order valence-corrected chi connectivity index (χ0v) is 14.8. The molecular weight excluding hydrogens is 328 g/mol. The highest BCUT2D eigenvalue weighted by Crippen LogP contribution is 2.00. The van der Waals surface area contributed by atoms with Gasteiger partial charge >= 0.3 is 0 Å². The molecule has 0 saturated carbocycles. The maximum Gasteiger partial charge on any atom is 0.146 e. The van der Waals surface area contributed by atoms with Crippen LogP contribution in [0.3, 0.4) is 0 Å². The van der Waals surface area contributed by atoms with E-state index < -0.39 is 0 Å². The van der Waals surface area contributed by atoms with Crippen LogP contribution in [0.25, 0.3) is 0 Å².